The van der Waals surface area contributed by atoms with Crippen LogP contribution in [0.25, 0.3) is 0 Å². The lowest BCUT2D eigenvalue weighted by Crippen LogP contribution is -2.50. The maximum atomic E-state index is 11.0. The van der Waals surface area contributed by atoms with E-state index in [0.717, 1.165) is 4.31 Å². The Kier molecular flexibility index (Phi) is 1.79. The summed E-state index contributed by atoms with van der Waals surface area (Å²) in [5.74, 6) is 0.0196. The molecule has 0 saturated carbocycles. The van der Waals surface area contributed by atoms with Gasteiger partial charge < -0.3 is 4.90 Å². The van der Waals surface area contributed by atoms with Crippen molar-refractivity contribution in [1.29, 1.82) is 0 Å². The molecule has 2 amide bonds. The van der Waals surface area contributed by atoms with Crippen molar-refractivity contribution in [3.05, 3.63) is 0 Å². The molecule has 0 atom stereocenters. The van der Waals surface area contributed by atoms with Gasteiger partial charge in [-0.15, -0.1) is 0 Å². The molecular formula is C5H10N2O3S. The first kappa shape index (κ1) is 8.32. The van der Waals surface area contributed by atoms with E-state index in [0.29, 0.717) is 0 Å². The molecule has 0 bridgehead atoms. The molecule has 0 aromatic carbocycles. The number of hydrogen-bond acceptors (Lipinski definition) is 3. The Hall–Kier alpha value is -0.780. The third-order valence-electron chi connectivity index (χ3n) is 1.70. The second-order valence-corrected chi connectivity index (χ2v) is 4.61. The zero-order valence-electron chi connectivity index (χ0n) is 6.44. The van der Waals surface area contributed by atoms with Gasteiger partial charge in [-0.05, 0) is 0 Å². The Morgan fingerprint density at radius 2 is 1.91 bits per heavy atom. The molecule has 0 aliphatic carbocycles. The van der Waals surface area contributed by atoms with Crippen LogP contribution >= 0.6 is 0 Å². The highest BCUT2D eigenvalue weighted by Gasteiger charge is 2.31. The van der Waals surface area contributed by atoms with Crippen LogP contribution in [0.3, 0.4) is 0 Å². The van der Waals surface area contributed by atoms with Gasteiger partial charge in [0.1, 0.15) is 0 Å². The summed E-state index contributed by atoms with van der Waals surface area (Å²) in [6.45, 7) is 0.283. The Labute approximate surface area is 65.6 Å². The van der Waals surface area contributed by atoms with Gasteiger partial charge in [-0.2, -0.15) is 0 Å². The van der Waals surface area contributed by atoms with Crippen LogP contribution in [0.5, 0.6) is 0 Å². The first-order chi connectivity index (χ1) is 4.95. The lowest BCUT2D eigenvalue weighted by molar-refractivity contribution is 0.191. The number of rotatable bonds is 0. The fourth-order valence-corrected chi connectivity index (χ4v) is 2.00. The molecule has 1 aliphatic rings. The van der Waals surface area contributed by atoms with Crippen molar-refractivity contribution in [3.8, 4) is 0 Å². The molecular weight excluding hydrogens is 168 g/mol. The summed E-state index contributed by atoms with van der Waals surface area (Å²) < 4.78 is 22.8. The Morgan fingerprint density at radius 1 is 1.36 bits per heavy atom. The minimum absolute atomic E-state index is 0.0196. The molecule has 1 saturated heterocycles. The molecule has 0 radical (unpaired) electrons. The van der Waals surface area contributed by atoms with E-state index in [9.17, 15) is 13.2 Å². The lowest BCUT2D eigenvalue weighted by atomic mass is 10.6. The normalized spacial score (nSPS) is 24.0. The van der Waals surface area contributed by atoms with E-state index in [1.54, 1.807) is 7.05 Å². The highest BCUT2D eigenvalue weighted by Crippen LogP contribution is 2.08. The van der Waals surface area contributed by atoms with Gasteiger partial charge in [0.15, 0.2) is 0 Å². The molecule has 0 N–H and O–H groups in total. The van der Waals surface area contributed by atoms with E-state index in [-0.39, 0.29) is 12.3 Å². The van der Waals surface area contributed by atoms with Crippen molar-refractivity contribution in [2.24, 2.45) is 0 Å². The second-order valence-electron chi connectivity index (χ2n) is 2.49. The van der Waals surface area contributed by atoms with Gasteiger partial charge in [-0.3, -0.25) is 0 Å². The minimum Gasteiger partial charge on any atom is -0.326 e. The van der Waals surface area contributed by atoms with Crippen LogP contribution in [0.15, 0.2) is 0 Å². The highest BCUT2D eigenvalue weighted by atomic mass is 32.2. The Balaban J connectivity index is 2.93. The summed E-state index contributed by atoms with van der Waals surface area (Å²) in [7, 11) is -0.453. The number of carbonyl (C=O) groups is 1. The first-order valence-electron chi connectivity index (χ1n) is 3.17. The fourth-order valence-electron chi connectivity index (χ4n) is 0.844. The van der Waals surface area contributed by atoms with Crippen LogP contribution in [-0.2, 0) is 10.0 Å². The van der Waals surface area contributed by atoms with E-state index < -0.39 is 16.1 Å². The molecule has 0 aromatic rings. The van der Waals surface area contributed by atoms with Crippen molar-refractivity contribution in [2.75, 3.05) is 26.4 Å². The first-order valence-corrected chi connectivity index (χ1v) is 4.78. The quantitative estimate of drug-likeness (QED) is 0.493. The molecule has 1 fully saturated rings. The Bertz CT molecular complexity index is 271. The number of nitrogens with zero attached hydrogens (tertiary/aromatic N) is 2. The second kappa shape index (κ2) is 2.37. The molecule has 1 rings (SSSR count). The monoisotopic (exact) mass is 178 g/mol. The smallest absolute Gasteiger partial charge is 0.326 e. The summed E-state index contributed by atoms with van der Waals surface area (Å²) in [5.41, 5.74) is 0. The van der Waals surface area contributed by atoms with Gasteiger partial charge in [-0.1, -0.05) is 0 Å². The van der Waals surface area contributed by atoms with E-state index in [1.807, 2.05) is 0 Å². The summed E-state index contributed by atoms with van der Waals surface area (Å²) in [5, 5.41) is 0. The van der Waals surface area contributed by atoms with Crippen LogP contribution in [0.2, 0.25) is 0 Å². The molecule has 0 unspecified atom stereocenters. The third kappa shape index (κ3) is 1.30. The highest BCUT2D eigenvalue weighted by molar-refractivity contribution is 7.89. The summed E-state index contributed by atoms with van der Waals surface area (Å²) in [4.78, 5) is 12.4. The van der Waals surface area contributed by atoms with Gasteiger partial charge in [0.2, 0.25) is 10.0 Å². The average molecular weight is 178 g/mol. The number of sulfonamides is 1. The average Bonchev–Trinajstić information content (AvgIpc) is 1.95. The fraction of sp³-hybridized carbons (Fsp3) is 0.800. The van der Waals surface area contributed by atoms with Crippen molar-refractivity contribution >= 4 is 16.1 Å². The maximum Gasteiger partial charge on any atom is 0.333 e. The van der Waals surface area contributed by atoms with Crippen LogP contribution < -0.4 is 0 Å². The van der Waals surface area contributed by atoms with Crippen molar-refractivity contribution in [2.45, 2.75) is 0 Å². The molecule has 5 nitrogen and oxygen atoms in total. The Morgan fingerprint density at radius 3 is 2.36 bits per heavy atom. The summed E-state index contributed by atoms with van der Waals surface area (Å²) in [6, 6.07) is -0.462. The minimum atomic E-state index is -3.30. The van der Waals surface area contributed by atoms with Crippen molar-refractivity contribution in [1.82, 2.24) is 9.21 Å². The van der Waals surface area contributed by atoms with E-state index in [1.165, 1.54) is 11.9 Å². The van der Waals surface area contributed by atoms with Crippen LogP contribution in [0.4, 0.5) is 4.79 Å². The van der Waals surface area contributed by atoms with Crippen LogP contribution in [0, 0.1) is 0 Å². The lowest BCUT2D eigenvalue weighted by Gasteiger charge is -2.29. The molecule has 0 spiro atoms. The number of hydrogen-bond donors (Lipinski definition) is 0. The van der Waals surface area contributed by atoms with Crippen LogP contribution in [-0.4, -0.2) is 50.0 Å². The summed E-state index contributed by atoms with van der Waals surface area (Å²) in [6.07, 6.45) is 0. The van der Waals surface area contributed by atoms with E-state index in [4.69, 9.17) is 0 Å². The predicted octanol–water partition coefficient (Wildman–Crippen LogP) is -0.687. The zero-order chi connectivity index (χ0) is 8.65. The summed E-state index contributed by atoms with van der Waals surface area (Å²) >= 11 is 0. The van der Waals surface area contributed by atoms with Crippen molar-refractivity contribution in [3.63, 3.8) is 0 Å². The maximum absolute atomic E-state index is 11.0. The largest absolute Gasteiger partial charge is 0.333 e. The van der Waals surface area contributed by atoms with Crippen molar-refractivity contribution < 1.29 is 13.2 Å². The van der Waals surface area contributed by atoms with Gasteiger partial charge in [0.05, 0.1) is 5.75 Å². The standard InChI is InChI=1S/C5H10N2O3S/c1-6-3-4-11(9,10)7(2)5(6)8/h3-4H2,1-2H3. The number of carbonyl (C=O) groups excluding carboxylic acids is 1. The molecule has 1 aliphatic heterocycles. The van der Waals surface area contributed by atoms with Gasteiger partial charge >= 0.3 is 6.03 Å². The molecule has 64 valence electrons. The number of amides is 2. The molecule has 11 heavy (non-hydrogen) atoms. The zero-order valence-corrected chi connectivity index (χ0v) is 7.26. The van der Waals surface area contributed by atoms with E-state index >= 15 is 0 Å². The third-order valence-corrected chi connectivity index (χ3v) is 3.39. The SMILES string of the molecule is CN1CCS(=O)(=O)N(C)C1=O. The topological polar surface area (TPSA) is 57.7 Å². The van der Waals surface area contributed by atoms with Gasteiger partial charge in [0.25, 0.3) is 0 Å². The predicted molar refractivity (Wildman–Crippen MR) is 39.6 cm³/mol. The van der Waals surface area contributed by atoms with Crippen LogP contribution in [0.1, 0.15) is 0 Å². The molecule has 1 heterocycles. The molecule has 6 heteroatoms. The van der Waals surface area contributed by atoms with Gasteiger partial charge in [-0.25, -0.2) is 17.5 Å². The number of urea groups is 1. The van der Waals surface area contributed by atoms with Gasteiger partial charge in [0, 0.05) is 20.6 Å². The molecule has 0 aromatic heterocycles. The van der Waals surface area contributed by atoms with E-state index in [2.05, 4.69) is 0 Å².